The molecule has 0 aromatic heterocycles. The predicted octanol–water partition coefficient (Wildman–Crippen LogP) is 4.61. The SMILES string of the molecule is Cc1ccc(N2CCN(C(=O)COC3CCC(Nc4ccc([N+](=O)[O-])c(C)c4)CC3)CC2)c(C)c1. The van der Waals surface area contributed by atoms with Crippen LogP contribution in [0.25, 0.3) is 0 Å². The van der Waals surface area contributed by atoms with Crippen LogP contribution in [0, 0.1) is 30.9 Å². The van der Waals surface area contributed by atoms with Crippen molar-refractivity contribution in [2.24, 2.45) is 0 Å². The fourth-order valence-electron chi connectivity index (χ4n) is 5.20. The normalized spacial score (nSPS) is 20.5. The Balaban J connectivity index is 1.17. The van der Waals surface area contributed by atoms with Gasteiger partial charge >= 0.3 is 0 Å². The van der Waals surface area contributed by atoms with E-state index in [1.54, 1.807) is 19.1 Å². The summed E-state index contributed by atoms with van der Waals surface area (Å²) >= 11 is 0. The molecule has 2 aromatic rings. The molecular formula is C27H36N4O4. The lowest BCUT2D eigenvalue weighted by molar-refractivity contribution is -0.385. The Bertz CT molecular complexity index is 1060. The van der Waals surface area contributed by atoms with E-state index in [0.29, 0.717) is 11.6 Å². The van der Waals surface area contributed by atoms with Crippen LogP contribution in [0.1, 0.15) is 42.4 Å². The Morgan fingerprint density at radius 1 is 1.00 bits per heavy atom. The maximum absolute atomic E-state index is 12.7. The molecule has 1 heterocycles. The second-order valence-corrected chi connectivity index (χ2v) is 9.85. The van der Waals surface area contributed by atoms with Crippen molar-refractivity contribution in [1.29, 1.82) is 0 Å². The van der Waals surface area contributed by atoms with E-state index in [-0.39, 0.29) is 29.2 Å². The summed E-state index contributed by atoms with van der Waals surface area (Å²) in [5.41, 5.74) is 5.51. The zero-order chi connectivity index (χ0) is 24.9. The first-order chi connectivity index (χ1) is 16.8. The molecule has 0 unspecified atom stereocenters. The van der Waals surface area contributed by atoms with Gasteiger partial charge in [-0.1, -0.05) is 17.7 Å². The number of hydrogen-bond acceptors (Lipinski definition) is 6. The number of hydrogen-bond donors (Lipinski definition) is 1. The molecule has 0 radical (unpaired) electrons. The van der Waals surface area contributed by atoms with E-state index >= 15 is 0 Å². The van der Waals surface area contributed by atoms with Gasteiger partial charge in [0.05, 0.1) is 11.0 Å². The second-order valence-electron chi connectivity index (χ2n) is 9.85. The Morgan fingerprint density at radius 3 is 2.34 bits per heavy atom. The number of amides is 1. The number of nitrogens with one attached hydrogen (secondary N) is 1. The van der Waals surface area contributed by atoms with Crippen LogP contribution in [0.15, 0.2) is 36.4 Å². The summed E-state index contributed by atoms with van der Waals surface area (Å²) in [5, 5.41) is 14.5. The van der Waals surface area contributed by atoms with Gasteiger partial charge < -0.3 is 19.9 Å². The average Bonchev–Trinajstić information content (AvgIpc) is 2.83. The average molecular weight is 481 g/mol. The minimum Gasteiger partial charge on any atom is -0.382 e. The highest BCUT2D eigenvalue weighted by atomic mass is 16.6. The van der Waals surface area contributed by atoms with Crippen molar-refractivity contribution < 1.29 is 14.5 Å². The molecule has 2 fully saturated rings. The first kappa shape index (κ1) is 25.0. The van der Waals surface area contributed by atoms with Crippen LogP contribution < -0.4 is 10.2 Å². The van der Waals surface area contributed by atoms with E-state index in [4.69, 9.17) is 4.74 Å². The Hall–Kier alpha value is -3.13. The predicted molar refractivity (Wildman–Crippen MR) is 138 cm³/mol. The molecule has 1 N–H and O–H groups in total. The molecule has 2 aliphatic rings. The highest BCUT2D eigenvalue weighted by Crippen LogP contribution is 2.27. The van der Waals surface area contributed by atoms with E-state index < -0.39 is 0 Å². The zero-order valence-electron chi connectivity index (χ0n) is 21.0. The van der Waals surface area contributed by atoms with Crippen molar-refractivity contribution in [1.82, 2.24) is 4.90 Å². The van der Waals surface area contributed by atoms with Crippen LogP contribution in [0.5, 0.6) is 0 Å². The Kier molecular flexibility index (Phi) is 7.90. The number of rotatable bonds is 7. The van der Waals surface area contributed by atoms with E-state index in [2.05, 4.69) is 42.3 Å². The number of piperazine rings is 1. The number of nitro benzene ring substituents is 1. The molecule has 1 saturated heterocycles. The smallest absolute Gasteiger partial charge is 0.272 e. The molecule has 1 amide bonds. The topological polar surface area (TPSA) is 88.0 Å². The minimum absolute atomic E-state index is 0.0758. The maximum atomic E-state index is 12.7. The van der Waals surface area contributed by atoms with Gasteiger partial charge in [-0.2, -0.15) is 0 Å². The van der Waals surface area contributed by atoms with Crippen LogP contribution in [-0.4, -0.2) is 60.7 Å². The molecule has 8 nitrogen and oxygen atoms in total. The molecule has 35 heavy (non-hydrogen) atoms. The molecule has 0 bridgehead atoms. The summed E-state index contributed by atoms with van der Waals surface area (Å²) in [6.07, 6.45) is 3.80. The number of benzene rings is 2. The molecule has 1 aliphatic heterocycles. The Labute approximate surface area is 207 Å². The van der Waals surface area contributed by atoms with Crippen LogP contribution in [0.2, 0.25) is 0 Å². The summed E-state index contributed by atoms with van der Waals surface area (Å²) < 4.78 is 5.99. The first-order valence-electron chi connectivity index (χ1n) is 12.5. The molecule has 1 aliphatic carbocycles. The van der Waals surface area contributed by atoms with Crippen molar-refractivity contribution >= 4 is 23.0 Å². The lowest BCUT2D eigenvalue weighted by Gasteiger charge is -2.37. The number of nitrogens with zero attached hydrogens (tertiary/aromatic N) is 3. The van der Waals surface area contributed by atoms with Gasteiger partial charge in [0.15, 0.2) is 0 Å². The van der Waals surface area contributed by atoms with Crippen LogP contribution in [0.3, 0.4) is 0 Å². The largest absolute Gasteiger partial charge is 0.382 e. The van der Waals surface area contributed by atoms with Crippen LogP contribution >= 0.6 is 0 Å². The lowest BCUT2D eigenvalue weighted by atomic mass is 9.92. The number of nitro groups is 1. The third kappa shape index (κ3) is 6.31. The highest BCUT2D eigenvalue weighted by molar-refractivity contribution is 5.77. The molecule has 0 atom stereocenters. The Morgan fingerprint density at radius 2 is 1.71 bits per heavy atom. The summed E-state index contributed by atoms with van der Waals surface area (Å²) in [6, 6.07) is 12.0. The molecule has 188 valence electrons. The molecule has 1 saturated carbocycles. The van der Waals surface area contributed by atoms with Gasteiger partial charge in [0.1, 0.15) is 6.61 Å². The summed E-state index contributed by atoms with van der Waals surface area (Å²) in [5.74, 6) is 0.0758. The van der Waals surface area contributed by atoms with Crippen molar-refractivity contribution in [3.63, 3.8) is 0 Å². The van der Waals surface area contributed by atoms with Crippen molar-refractivity contribution in [3.05, 3.63) is 63.2 Å². The summed E-state index contributed by atoms with van der Waals surface area (Å²) in [6.45, 7) is 9.29. The quantitative estimate of drug-likeness (QED) is 0.460. The number of carbonyl (C=O) groups is 1. The zero-order valence-corrected chi connectivity index (χ0v) is 21.0. The standard InChI is InChI=1S/C27H36N4O4/c1-19-4-10-25(20(2)16-19)29-12-14-30(15-13-29)27(32)18-35-24-8-5-22(6-9-24)28-23-7-11-26(31(33)34)21(3)17-23/h4,7,10-11,16-17,22,24,28H,5-6,8-9,12-15,18H2,1-3H3. The van der Waals surface area contributed by atoms with Crippen LogP contribution in [0.4, 0.5) is 17.1 Å². The molecule has 0 spiro atoms. The van der Waals surface area contributed by atoms with Crippen molar-refractivity contribution in [2.45, 2.75) is 58.6 Å². The van der Waals surface area contributed by atoms with E-state index in [1.807, 2.05) is 11.0 Å². The third-order valence-corrected chi connectivity index (χ3v) is 7.21. The van der Waals surface area contributed by atoms with Gasteiger partial charge in [-0.3, -0.25) is 14.9 Å². The van der Waals surface area contributed by atoms with Crippen LogP contribution in [-0.2, 0) is 9.53 Å². The highest BCUT2D eigenvalue weighted by Gasteiger charge is 2.26. The molecule has 4 rings (SSSR count). The lowest BCUT2D eigenvalue weighted by Crippen LogP contribution is -2.50. The molecular weight excluding hydrogens is 444 g/mol. The minimum atomic E-state index is -0.353. The number of aryl methyl sites for hydroxylation is 3. The molecule has 8 heteroatoms. The number of anilines is 2. The number of ether oxygens (including phenoxy) is 1. The van der Waals surface area contributed by atoms with Gasteiger partial charge in [0, 0.05) is 55.2 Å². The van der Waals surface area contributed by atoms with Gasteiger partial charge in [-0.15, -0.1) is 0 Å². The van der Waals surface area contributed by atoms with Gasteiger partial charge in [0.2, 0.25) is 5.91 Å². The molecule has 2 aromatic carbocycles. The monoisotopic (exact) mass is 480 g/mol. The fraction of sp³-hybridized carbons (Fsp3) is 0.519. The summed E-state index contributed by atoms with van der Waals surface area (Å²) in [7, 11) is 0. The van der Waals surface area contributed by atoms with Crippen molar-refractivity contribution in [3.8, 4) is 0 Å². The van der Waals surface area contributed by atoms with Crippen molar-refractivity contribution in [2.75, 3.05) is 43.0 Å². The fourth-order valence-corrected chi connectivity index (χ4v) is 5.20. The van der Waals surface area contributed by atoms with E-state index in [0.717, 1.165) is 57.5 Å². The first-order valence-corrected chi connectivity index (χ1v) is 12.5. The number of carbonyl (C=O) groups excluding carboxylic acids is 1. The van der Waals surface area contributed by atoms with E-state index in [9.17, 15) is 14.9 Å². The maximum Gasteiger partial charge on any atom is 0.272 e. The van der Waals surface area contributed by atoms with Gasteiger partial charge in [-0.05, 0) is 70.2 Å². The third-order valence-electron chi connectivity index (χ3n) is 7.21. The second kappa shape index (κ2) is 11.1. The van der Waals surface area contributed by atoms with Gasteiger partial charge in [-0.25, -0.2) is 0 Å². The summed E-state index contributed by atoms with van der Waals surface area (Å²) in [4.78, 5) is 27.7. The van der Waals surface area contributed by atoms with E-state index in [1.165, 1.54) is 16.8 Å². The van der Waals surface area contributed by atoms with Gasteiger partial charge in [0.25, 0.3) is 5.69 Å².